The predicted molar refractivity (Wildman–Crippen MR) is 80.0 cm³/mol. The van der Waals surface area contributed by atoms with Crippen molar-refractivity contribution in [1.82, 2.24) is 0 Å². The van der Waals surface area contributed by atoms with Crippen LogP contribution in [0.25, 0.3) is 0 Å². The highest BCUT2D eigenvalue weighted by atomic mass is 79.9. The van der Waals surface area contributed by atoms with Gasteiger partial charge in [0.25, 0.3) is 0 Å². The van der Waals surface area contributed by atoms with Gasteiger partial charge < -0.3 is 4.74 Å². The van der Waals surface area contributed by atoms with E-state index < -0.39 is 0 Å². The van der Waals surface area contributed by atoms with Crippen LogP contribution in [0.4, 0.5) is 0 Å². The molecule has 0 unspecified atom stereocenters. The zero-order chi connectivity index (χ0) is 12.8. The first-order chi connectivity index (χ1) is 8.79. The first-order valence-corrected chi connectivity index (χ1v) is 7.30. The molecule has 0 heterocycles. The second-order valence-corrected chi connectivity index (χ2v) is 5.18. The van der Waals surface area contributed by atoms with Crippen LogP contribution >= 0.6 is 27.5 Å². The lowest BCUT2D eigenvalue weighted by Crippen LogP contribution is -2.01. The number of halogens is 2. The largest absolute Gasteiger partial charge is 0.492 e. The van der Waals surface area contributed by atoms with Gasteiger partial charge in [-0.15, -0.1) is 0 Å². The molecule has 0 radical (unpaired) electrons. The van der Waals surface area contributed by atoms with Crippen molar-refractivity contribution in [3.05, 3.63) is 64.7 Å². The van der Waals surface area contributed by atoms with Crippen LogP contribution < -0.4 is 4.74 Å². The fraction of sp³-hybridized carbons (Fsp3) is 0.200. The molecule has 3 heteroatoms. The summed E-state index contributed by atoms with van der Waals surface area (Å²) in [7, 11) is 0. The van der Waals surface area contributed by atoms with Crippen LogP contribution in [0.3, 0.4) is 0 Å². The smallest absolute Gasteiger partial charge is 0.122 e. The van der Waals surface area contributed by atoms with Gasteiger partial charge >= 0.3 is 0 Å². The van der Waals surface area contributed by atoms with Gasteiger partial charge in [0.05, 0.1) is 6.61 Å². The summed E-state index contributed by atoms with van der Waals surface area (Å²) in [5, 5.41) is 1.60. The molecule has 0 fully saturated rings. The van der Waals surface area contributed by atoms with Crippen LogP contribution in [0.15, 0.2) is 48.5 Å². The maximum atomic E-state index is 5.88. The quantitative estimate of drug-likeness (QED) is 0.724. The van der Waals surface area contributed by atoms with Crippen molar-refractivity contribution in [1.29, 1.82) is 0 Å². The van der Waals surface area contributed by atoms with Gasteiger partial charge in [0.1, 0.15) is 5.75 Å². The summed E-state index contributed by atoms with van der Waals surface area (Å²) in [6.45, 7) is 0.678. The van der Waals surface area contributed by atoms with Crippen molar-refractivity contribution in [2.75, 3.05) is 11.9 Å². The lowest BCUT2D eigenvalue weighted by Gasteiger charge is -2.10. The molecule has 0 atom stereocenters. The van der Waals surface area contributed by atoms with E-state index in [2.05, 4.69) is 22.0 Å². The fourth-order valence-electron chi connectivity index (χ4n) is 1.76. The van der Waals surface area contributed by atoms with Crippen molar-refractivity contribution in [3.8, 4) is 5.75 Å². The molecule has 0 saturated heterocycles. The molecule has 0 bridgehead atoms. The third-order valence-electron chi connectivity index (χ3n) is 2.62. The van der Waals surface area contributed by atoms with Crippen LogP contribution in [0.2, 0.25) is 5.02 Å². The Balaban J connectivity index is 2.15. The van der Waals surface area contributed by atoms with Crippen LogP contribution in [0.1, 0.15) is 11.1 Å². The number of para-hydroxylation sites is 1. The molecular weight excluding hydrogens is 312 g/mol. The monoisotopic (exact) mass is 324 g/mol. The molecule has 0 aliphatic carbocycles. The molecule has 0 aliphatic heterocycles. The van der Waals surface area contributed by atoms with Crippen molar-refractivity contribution in [2.45, 2.75) is 6.42 Å². The van der Waals surface area contributed by atoms with Gasteiger partial charge in [-0.25, -0.2) is 0 Å². The number of benzene rings is 2. The average Bonchev–Trinajstić information content (AvgIpc) is 2.40. The van der Waals surface area contributed by atoms with Crippen LogP contribution in [0, 0.1) is 0 Å². The molecule has 2 rings (SSSR count). The summed E-state index contributed by atoms with van der Waals surface area (Å²) in [5.41, 5.74) is 2.43. The molecule has 0 spiro atoms. The Bertz CT molecular complexity index is 496. The van der Waals surface area contributed by atoms with E-state index in [9.17, 15) is 0 Å². The fourth-order valence-corrected chi connectivity index (χ4v) is 2.05. The van der Waals surface area contributed by atoms with E-state index in [1.807, 2.05) is 42.5 Å². The van der Waals surface area contributed by atoms with Crippen LogP contribution in [-0.2, 0) is 6.42 Å². The molecule has 0 N–H and O–H groups in total. The Morgan fingerprint density at radius 2 is 1.72 bits per heavy atom. The van der Waals surface area contributed by atoms with E-state index in [1.165, 1.54) is 11.1 Å². The molecule has 0 saturated carbocycles. The average molecular weight is 326 g/mol. The third-order valence-corrected chi connectivity index (χ3v) is 3.19. The first-order valence-electron chi connectivity index (χ1n) is 5.80. The Morgan fingerprint density at radius 1 is 1.00 bits per heavy atom. The molecule has 0 aliphatic rings. The second-order valence-electron chi connectivity index (χ2n) is 3.95. The number of hydrogen-bond donors (Lipinski definition) is 0. The number of hydrogen-bond acceptors (Lipinski definition) is 1. The normalized spacial score (nSPS) is 10.3. The van der Waals surface area contributed by atoms with E-state index in [0.717, 1.165) is 22.5 Å². The maximum Gasteiger partial charge on any atom is 0.122 e. The summed E-state index contributed by atoms with van der Waals surface area (Å²) in [6, 6.07) is 16.1. The summed E-state index contributed by atoms with van der Waals surface area (Å²) >= 11 is 9.25. The van der Waals surface area contributed by atoms with Gasteiger partial charge in [-0.1, -0.05) is 57.9 Å². The SMILES string of the molecule is Clc1ccc(Cc2ccccc2OCCBr)cc1. The van der Waals surface area contributed by atoms with Gasteiger partial charge in [0.15, 0.2) is 0 Å². The number of rotatable bonds is 5. The van der Waals surface area contributed by atoms with E-state index >= 15 is 0 Å². The summed E-state index contributed by atoms with van der Waals surface area (Å²) < 4.78 is 5.71. The third kappa shape index (κ3) is 3.76. The molecule has 94 valence electrons. The molecule has 18 heavy (non-hydrogen) atoms. The van der Waals surface area contributed by atoms with E-state index in [4.69, 9.17) is 16.3 Å². The Hall–Kier alpha value is -0.990. The van der Waals surface area contributed by atoms with Gasteiger partial charge in [-0.05, 0) is 29.3 Å². The van der Waals surface area contributed by atoms with Crippen molar-refractivity contribution in [2.24, 2.45) is 0 Å². The molecule has 0 amide bonds. The summed E-state index contributed by atoms with van der Waals surface area (Å²) in [4.78, 5) is 0. The maximum absolute atomic E-state index is 5.88. The highest BCUT2D eigenvalue weighted by Gasteiger charge is 2.04. The summed E-state index contributed by atoms with van der Waals surface area (Å²) in [6.07, 6.45) is 0.857. The van der Waals surface area contributed by atoms with Crippen molar-refractivity contribution in [3.63, 3.8) is 0 Å². The minimum atomic E-state index is 0.678. The Labute approximate surface area is 121 Å². The van der Waals surface area contributed by atoms with Crippen molar-refractivity contribution < 1.29 is 4.74 Å². The van der Waals surface area contributed by atoms with E-state index in [0.29, 0.717) is 6.61 Å². The molecule has 2 aromatic rings. The first kappa shape index (κ1) is 13.4. The Morgan fingerprint density at radius 3 is 2.44 bits per heavy atom. The molecule has 2 aromatic carbocycles. The minimum Gasteiger partial charge on any atom is -0.492 e. The Kier molecular flexibility index (Phi) is 5.09. The molecule has 0 aromatic heterocycles. The molecule has 1 nitrogen and oxygen atoms in total. The lowest BCUT2D eigenvalue weighted by molar-refractivity contribution is 0.342. The van der Waals surface area contributed by atoms with E-state index in [-0.39, 0.29) is 0 Å². The summed E-state index contributed by atoms with van der Waals surface area (Å²) in [5.74, 6) is 0.951. The van der Waals surface area contributed by atoms with Gasteiger partial charge in [-0.2, -0.15) is 0 Å². The predicted octanol–water partition coefficient (Wildman–Crippen LogP) is 4.70. The standard InChI is InChI=1S/C15H14BrClO/c16-9-10-18-15-4-2-1-3-13(15)11-12-5-7-14(17)8-6-12/h1-8H,9-11H2. The minimum absolute atomic E-state index is 0.678. The topological polar surface area (TPSA) is 9.23 Å². The van der Waals surface area contributed by atoms with Crippen LogP contribution in [0.5, 0.6) is 5.75 Å². The zero-order valence-electron chi connectivity index (χ0n) is 9.90. The van der Waals surface area contributed by atoms with Gasteiger partial charge in [-0.3, -0.25) is 0 Å². The van der Waals surface area contributed by atoms with Gasteiger partial charge in [0.2, 0.25) is 0 Å². The molecular formula is C15H14BrClO. The van der Waals surface area contributed by atoms with E-state index in [1.54, 1.807) is 0 Å². The zero-order valence-corrected chi connectivity index (χ0v) is 12.2. The number of ether oxygens (including phenoxy) is 1. The van der Waals surface area contributed by atoms with Crippen molar-refractivity contribution >= 4 is 27.5 Å². The lowest BCUT2D eigenvalue weighted by atomic mass is 10.0. The second kappa shape index (κ2) is 6.81. The highest BCUT2D eigenvalue weighted by molar-refractivity contribution is 9.09. The highest BCUT2D eigenvalue weighted by Crippen LogP contribution is 2.22. The van der Waals surface area contributed by atoms with Crippen LogP contribution in [-0.4, -0.2) is 11.9 Å². The van der Waals surface area contributed by atoms with Gasteiger partial charge in [0, 0.05) is 16.8 Å². The number of alkyl halides is 1.